The van der Waals surface area contributed by atoms with E-state index < -0.39 is 11.7 Å². The number of aromatic nitrogens is 5. The third-order valence-corrected chi connectivity index (χ3v) is 5.33. The summed E-state index contributed by atoms with van der Waals surface area (Å²) in [5, 5.41) is 5.40. The smallest absolute Gasteiger partial charge is 0.384 e. The van der Waals surface area contributed by atoms with Crippen LogP contribution in [0.5, 0.6) is 0 Å². The molecule has 10 heteroatoms. The van der Waals surface area contributed by atoms with E-state index in [1.165, 1.54) is 29.0 Å². The number of pyridine rings is 1. The largest absolute Gasteiger partial charge is 0.416 e. The number of halogens is 3. The van der Waals surface area contributed by atoms with Crippen molar-refractivity contribution in [2.45, 2.75) is 12.7 Å². The van der Waals surface area contributed by atoms with Gasteiger partial charge in [0.15, 0.2) is 0 Å². The van der Waals surface area contributed by atoms with E-state index in [9.17, 15) is 18.0 Å². The lowest BCUT2D eigenvalue weighted by molar-refractivity contribution is -0.137. The molecular formula is C24H17F3N6O. The highest BCUT2D eigenvalue weighted by molar-refractivity contribution is 5.94. The predicted octanol–water partition coefficient (Wildman–Crippen LogP) is 4.29. The van der Waals surface area contributed by atoms with Gasteiger partial charge >= 0.3 is 6.18 Å². The molecule has 0 unspecified atom stereocenters. The number of benzene rings is 2. The Labute approximate surface area is 190 Å². The van der Waals surface area contributed by atoms with Gasteiger partial charge in [0.05, 0.1) is 23.3 Å². The topological polar surface area (TPSA) is 91.6 Å². The van der Waals surface area contributed by atoms with Crippen LogP contribution >= 0.6 is 0 Å². The molecule has 170 valence electrons. The van der Waals surface area contributed by atoms with Crippen LogP contribution in [0.4, 0.5) is 19.0 Å². The third kappa shape index (κ3) is 4.01. The number of anilines is 1. The van der Waals surface area contributed by atoms with Crippen molar-refractivity contribution in [1.82, 2.24) is 24.3 Å². The van der Waals surface area contributed by atoms with Crippen molar-refractivity contribution in [1.29, 1.82) is 0 Å². The summed E-state index contributed by atoms with van der Waals surface area (Å²) < 4.78 is 41.9. The predicted molar refractivity (Wildman–Crippen MR) is 121 cm³/mol. The molecule has 7 nitrogen and oxygen atoms in total. The lowest BCUT2D eigenvalue weighted by Crippen LogP contribution is -2.20. The fraction of sp³-hybridized carbons (Fsp3) is 0.0833. The number of rotatable bonds is 4. The molecule has 2 N–H and O–H groups in total. The number of nitrogens with two attached hydrogens (primary N) is 1. The summed E-state index contributed by atoms with van der Waals surface area (Å²) in [6.07, 6.45) is -1.27. The second kappa shape index (κ2) is 8.14. The van der Waals surface area contributed by atoms with E-state index in [2.05, 4.69) is 15.1 Å². The molecule has 5 rings (SSSR count). The number of hydrogen-bond donors (Lipinski definition) is 1. The summed E-state index contributed by atoms with van der Waals surface area (Å²) in [5.74, 6) is 0.724. The molecule has 0 saturated carbocycles. The van der Waals surface area contributed by atoms with Crippen LogP contribution in [0, 0.1) is 0 Å². The van der Waals surface area contributed by atoms with Crippen molar-refractivity contribution in [2.75, 3.05) is 5.73 Å². The zero-order valence-corrected chi connectivity index (χ0v) is 17.6. The zero-order chi connectivity index (χ0) is 23.9. The SMILES string of the molecule is Nc1ccnc(Cn2ccc(-c3nn(-c4ccc(C(F)(F)F)cc4)c4ccccc34)cc2=O)n1. The Hall–Kier alpha value is -4.47. The highest BCUT2D eigenvalue weighted by Gasteiger charge is 2.30. The minimum atomic E-state index is -4.42. The standard InChI is InChI=1S/C24H17F3N6O/c25-24(26,27)16-5-7-17(8-6-16)33-19-4-2-1-3-18(19)23(31-33)15-10-12-32(22(34)13-15)14-21-29-11-9-20(28)30-21/h1-13H,14H2,(H2,28,29,30). The van der Waals surface area contributed by atoms with Gasteiger partial charge in [-0.2, -0.15) is 18.3 Å². The Morgan fingerprint density at radius 2 is 1.74 bits per heavy atom. The van der Waals surface area contributed by atoms with Crippen molar-refractivity contribution in [2.24, 2.45) is 0 Å². The minimum absolute atomic E-state index is 0.158. The summed E-state index contributed by atoms with van der Waals surface area (Å²) in [5.41, 5.74) is 6.96. The van der Waals surface area contributed by atoms with Crippen LogP contribution < -0.4 is 11.3 Å². The van der Waals surface area contributed by atoms with Gasteiger partial charge in [0.2, 0.25) is 0 Å². The van der Waals surface area contributed by atoms with E-state index >= 15 is 0 Å². The monoisotopic (exact) mass is 462 g/mol. The first kappa shape index (κ1) is 21.4. The molecule has 0 fully saturated rings. The highest BCUT2D eigenvalue weighted by atomic mass is 19.4. The fourth-order valence-corrected chi connectivity index (χ4v) is 3.70. The highest BCUT2D eigenvalue weighted by Crippen LogP contribution is 2.32. The van der Waals surface area contributed by atoms with Gasteiger partial charge in [-0.15, -0.1) is 0 Å². The number of para-hydroxylation sites is 1. The van der Waals surface area contributed by atoms with Crippen molar-refractivity contribution < 1.29 is 13.2 Å². The number of alkyl halides is 3. The van der Waals surface area contributed by atoms with Crippen LogP contribution in [0.15, 0.2) is 83.9 Å². The van der Waals surface area contributed by atoms with E-state index in [1.807, 2.05) is 24.3 Å². The molecule has 34 heavy (non-hydrogen) atoms. The number of hydrogen-bond acceptors (Lipinski definition) is 5. The third-order valence-electron chi connectivity index (χ3n) is 5.33. The molecule has 0 aliphatic heterocycles. The number of nitrogens with zero attached hydrogens (tertiary/aromatic N) is 5. The second-order valence-corrected chi connectivity index (χ2v) is 7.60. The molecule has 0 bridgehead atoms. The zero-order valence-electron chi connectivity index (χ0n) is 17.6. The number of nitrogen functional groups attached to an aromatic ring is 1. The lowest BCUT2D eigenvalue weighted by Gasteiger charge is -2.08. The summed E-state index contributed by atoms with van der Waals surface area (Å²) in [6.45, 7) is 0.158. The van der Waals surface area contributed by atoms with Gasteiger partial charge in [0, 0.05) is 29.4 Å². The lowest BCUT2D eigenvalue weighted by atomic mass is 10.1. The average molecular weight is 462 g/mol. The molecule has 0 radical (unpaired) electrons. The van der Waals surface area contributed by atoms with Crippen LogP contribution in [0.1, 0.15) is 11.4 Å². The van der Waals surface area contributed by atoms with E-state index in [0.717, 1.165) is 17.5 Å². The Balaban J connectivity index is 1.55. The van der Waals surface area contributed by atoms with Gasteiger partial charge in [-0.1, -0.05) is 18.2 Å². The van der Waals surface area contributed by atoms with Gasteiger partial charge in [0.25, 0.3) is 5.56 Å². The van der Waals surface area contributed by atoms with Crippen LogP contribution in [0.25, 0.3) is 27.8 Å². The molecular weight excluding hydrogens is 445 g/mol. The number of fused-ring (bicyclic) bond motifs is 1. The van der Waals surface area contributed by atoms with E-state index in [1.54, 1.807) is 23.0 Å². The van der Waals surface area contributed by atoms with Gasteiger partial charge < -0.3 is 10.3 Å². The average Bonchev–Trinajstić information content (AvgIpc) is 3.20. The maximum Gasteiger partial charge on any atom is 0.416 e. The van der Waals surface area contributed by atoms with Crippen molar-refractivity contribution >= 4 is 16.7 Å². The molecule has 0 amide bonds. The quantitative estimate of drug-likeness (QED) is 0.430. The molecule has 3 heterocycles. The molecule has 0 aliphatic rings. The molecule has 0 aliphatic carbocycles. The van der Waals surface area contributed by atoms with E-state index in [0.29, 0.717) is 34.1 Å². The summed E-state index contributed by atoms with van der Waals surface area (Å²) >= 11 is 0. The first-order valence-electron chi connectivity index (χ1n) is 10.2. The van der Waals surface area contributed by atoms with Gasteiger partial charge in [0.1, 0.15) is 17.3 Å². The second-order valence-electron chi connectivity index (χ2n) is 7.60. The Bertz CT molecular complexity index is 1550. The van der Waals surface area contributed by atoms with Crippen molar-refractivity contribution in [3.05, 3.63) is 101 Å². The van der Waals surface area contributed by atoms with E-state index in [-0.39, 0.29) is 12.1 Å². The molecule has 3 aromatic heterocycles. The molecule has 2 aromatic carbocycles. The molecule has 0 spiro atoms. The first-order valence-corrected chi connectivity index (χ1v) is 10.2. The molecule has 5 aromatic rings. The van der Waals surface area contributed by atoms with Crippen LogP contribution in [0.3, 0.4) is 0 Å². The van der Waals surface area contributed by atoms with E-state index in [4.69, 9.17) is 5.73 Å². The van der Waals surface area contributed by atoms with Crippen LogP contribution in [0.2, 0.25) is 0 Å². The maximum atomic E-state index is 13.0. The Morgan fingerprint density at radius 1 is 0.971 bits per heavy atom. The van der Waals surface area contributed by atoms with Crippen LogP contribution in [-0.2, 0) is 12.7 Å². The minimum Gasteiger partial charge on any atom is -0.384 e. The van der Waals surface area contributed by atoms with Crippen molar-refractivity contribution in [3.8, 4) is 16.9 Å². The van der Waals surface area contributed by atoms with Gasteiger partial charge in [-0.05, 0) is 42.5 Å². The Kier molecular flexibility index (Phi) is 5.12. The summed E-state index contributed by atoms with van der Waals surface area (Å²) in [7, 11) is 0. The van der Waals surface area contributed by atoms with Gasteiger partial charge in [-0.25, -0.2) is 14.6 Å². The van der Waals surface area contributed by atoms with Gasteiger partial charge in [-0.3, -0.25) is 4.79 Å². The summed E-state index contributed by atoms with van der Waals surface area (Å²) in [4.78, 5) is 21.0. The molecule has 0 saturated heterocycles. The van der Waals surface area contributed by atoms with Crippen LogP contribution in [-0.4, -0.2) is 24.3 Å². The normalized spacial score (nSPS) is 11.7. The fourth-order valence-electron chi connectivity index (χ4n) is 3.70. The Morgan fingerprint density at radius 3 is 2.44 bits per heavy atom. The molecule has 0 atom stereocenters. The van der Waals surface area contributed by atoms with Crippen molar-refractivity contribution in [3.63, 3.8) is 0 Å². The summed E-state index contributed by atoms with van der Waals surface area (Å²) in [6, 6.07) is 16.9. The first-order chi connectivity index (χ1) is 16.3. The maximum absolute atomic E-state index is 13.0.